The Morgan fingerprint density at radius 2 is 1.88 bits per heavy atom. The van der Waals surface area contributed by atoms with Gasteiger partial charge in [0, 0.05) is 53.3 Å². The molecule has 6 rings (SSSR count). The first kappa shape index (κ1) is 33.9. The molecule has 0 saturated carbocycles. The van der Waals surface area contributed by atoms with Gasteiger partial charge in [-0.05, 0) is 60.1 Å². The van der Waals surface area contributed by atoms with Crippen LogP contribution in [0, 0.1) is 11.2 Å². The third-order valence-corrected chi connectivity index (χ3v) is 11.5. The van der Waals surface area contributed by atoms with Gasteiger partial charge in [0.05, 0.1) is 17.5 Å². The number of carboxylic acids is 2. The quantitative estimate of drug-likeness (QED) is 0.176. The van der Waals surface area contributed by atoms with E-state index in [2.05, 4.69) is 4.98 Å². The summed E-state index contributed by atoms with van der Waals surface area (Å²) in [7, 11) is -4.24. The number of aryl methyl sites for hydroxylation is 1. The maximum atomic E-state index is 15.7. The molecule has 256 valence electrons. The fraction of sp³-hybridized carbons (Fsp3) is 0.324. The van der Waals surface area contributed by atoms with Gasteiger partial charge in [-0.1, -0.05) is 56.7 Å². The van der Waals surface area contributed by atoms with Gasteiger partial charge in [0.25, 0.3) is 0 Å². The third kappa shape index (κ3) is 7.54. The minimum atomic E-state index is -4.24. The highest BCUT2D eigenvalue weighted by Crippen LogP contribution is 2.38. The zero-order valence-corrected chi connectivity index (χ0v) is 28.0. The van der Waals surface area contributed by atoms with Crippen LogP contribution in [0.5, 0.6) is 11.5 Å². The topological polar surface area (TPSA) is 152 Å². The number of carbonyl (C=O) groups is 2. The number of carboxylic acid groups (broad SMARTS) is 2. The minimum absolute atomic E-state index is 0.00287. The Balaban J connectivity index is 1.46. The Bertz CT molecular complexity index is 2140. The molecule has 1 aliphatic heterocycles. The van der Waals surface area contributed by atoms with Crippen LogP contribution in [0.4, 0.5) is 4.39 Å². The Morgan fingerprint density at radius 1 is 1.08 bits per heavy atom. The van der Waals surface area contributed by atoms with E-state index in [9.17, 15) is 28.2 Å². The molecule has 3 aromatic carbocycles. The van der Waals surface area contributed by atoms with Crippen LogP contribution in [0.1, 0.15) is 62.3 Å². The number of hydrogen-bond donors (Lipinski definition) is 3. The summed E-state index contributed by atoms with van der Waals surface area (Å²) < 4.78 is 51.5. The Kier molecular flexibility index (Phi) is 9.35. The zero-order valence-electron chi connectivity index (χ0n) is 27.2. The number of sulfone groups is 1. The van der Waals surface area contributed by atoms with Crippen LogP contribution in [0.15, 0.2) is 79.1 Å². The molecule has 3 heterocycles. The molecule has 4 bridgehead atoms. The van der Waals surface area contributed by atoms with Crippen molar-refractivity contribution in [2.24, 2.45) is 5.41 Å². The number of fused-ring (bicyclic) bond motifs is 8. The SMILES string of the molecule is CC1(C)CCCC(c2cccc(CCC(=O)O)c2)n2ccc(n2)-c2cccc(c2)Oc2c(F)cc3[nH]ccc3c2CC(C(=O)O)S(=O)(=O)C1. The van der Waals surface area contributed by atoms with Crippen molar-refractivity contribution in [3.63, 3.8) is 0 Å². The molecular formula is C37H38FN3O7S. The number of benzene rings is 3. The monoisotopic (exact) mass is 687 g/mol. The zero-order chi connectivity index (χ0) is 34.9. The lowest BCUT2D eigenvalue weighted by atomic mass is 9.87. The molecule has 3 N–H and O–H groups in total. The Morgan fingerprint density at radius 3 is 2.65 bits per heavy atom. The largest absolute Gasteiger partial charge is 0.481 e. The van der Waals surface area contributed by atoms with Crippen molar-refractivity contribution in [3.8, 4) is 22.8 Å². The van der Waals surface area contributed by atoms with E-state index in [1.54, 1.807) is 30.5 Å². The summed E-state index contributed by atoms with van der Waals surface area (Å²) in [6.07, 6.45) is 5.01. The molecule has 12 heteroatoms. The fourth-order valence-electron chi connectivity index (χ4n) is 6.74. The minimum Gasteiger partial charge on any atom is -0.481 e. The van der Waals surface area contributed by atoms with Gasteiger partial charge in [0.15, 0.2) is 26.7 Å². The van der Waals surface area contributed by atoms with E-state index >= 15 is 4.39 Å². The fourth-order valence-corrected chi connectivity index (χ4v) is 8.91. The molecule has 2 unspecified atom stereocenters. The predicted octanol–water partition coefficient (Wildman–Crippen LogP) is 7.19. The molecule has 0 saturated heterocycles. The molecule has 0 fully saturated rings. The Labute approximate surface area is 283 Å². The van der Waals surface area contributed by atoms with E-state index in [0.29, 0.717) is 47.8 Å². The first-order valence-electron chi connectivity index (χ1n) is 16.2. The standard InChI is InChI=1S/C37H38FN3O7S/c1-37(2)15-5-10-32(25-8-3-6-23(18-25)11-12-34(42)43)41-17-14-30(40-41)24-7-4-9-26(19-24)48-35-28(20-33(36(44)45)49(46,47)22-37)27-13-16-39-31(27)21-29(35)38/h3-4,6-9,13-14,16-19,21,32-33,39H,5,10-12,15,20,22H2,1-2H3,(H,42,43)(H,44,45). The first-order chi connectivity index (χ1) is 23.3. The van der Waals surface area contributed by atoms with Gasteiger partial charge in [-0.3, -0.25) is 14.3 Å². The van der Waals surface area contributed by atoms with E-state index in [1.165, 1.54) is 6.07 Å². The molecule has 0 radical (unpaired) electrons. The number of nitrogens with zero attached hydrogens (tertiary/aromatic N) is 2. The number of hydrogen-bond acceptors (Lipinski definition) is 6. The number of aromatic nitrogens is 3. The summed E-state index contributed by atoms with van der Waals surface area (Å²) in [6.45, 7) is 3.62. The van der Waals surface area contributed by atoms with E-state index in [1.807, 2.05) is 61.1 Å². The molecule has 0 spiro atoms. The molecule has 49 heavy (non-hydrogen) atoms. The molecule has 2 atom stereocenters. The van der Waals surface area contributed by atoms with Crippen molar-refractivity contribution in [1.29, 1.82) is 0 Å². The highest BCUT2D eigenvalue weighted by atomic mass is 32.2. The highest BCUT2D eigenvalue weighted by molar-refractivity contribution is 7.92. The molecule has 0 aliphatic carbocycles. The second-order valence-electron chi connectivity index (χ2n) is 13.5. The number of rotatable bonds is 5. The summed E-state index contributed by atoms with van der Waals surface area (Å²) in [6, 6.07) is 19.2. The van der Waals surface area contributed by atoms with Gasteiger partial charge < -0.3 is 19.9 Å². The van der Waals surface area contributed by atoms with Gasteiger partial charge in [0.2, 0.25) is 0 Å². The lowest BCUT2D eigenvalue weighted by Crippen LogP contribution is -2.38. The molecule has 0 amide bonds. The summed E-state index contributed by atoms with van der Waals surface area (Å²) >= 11 is 0. The molecule has 1 aliphatic rings. The van der Waals surface area contributed by atoms with Gasteiger partial charge in [-0.15, -0.1) is 0 Å². The Hall–Kier alpha value is -4.97. The van der Waals surface area contributed by atoms with Gasteiger partial charge in [-0.25, -0.2) is 12.8 Å². The van der Waals surface area contributed by atoms with Crippen molar-refractivity contribution in [3.05, 3.63) is 102 Å². The van der Waals surface area contributed by atoms with Crippen LogP contribution < -0.4 is 4.74 Å². The van der Waals surface area contributed by atoms with Crippen molar-refractivity contribution in [1.82, 2.24) is 14.8 Å². The lowest BCUT2D eigenvalue weighted by molar-refractivity contribution is -0.137. The van der Waals surface area contributed by atoms with Crippen molar-refractivity contribution in [2.75, 3.05) is 5.75 Å². The smallest absolute Gasteiger partial charge is 0.322 e. The normalized spacial score (nSPS) is 19.2. The maximum absolute atomic E-state index is 15.7. The number of ether oxygens (including phenoxy) is 1. The highest BCUT2D eigenvalue weighted by Gasteiger charge is 2.39. The average molecular weight is 688 g/mol. The maximum Gasteiger partial charge on any atom is 0.322 e. The van der Waals surface area contributed by atoms with Gasteiger partial charge in [-0.2, -0.15) is 5.10 Å². The number of aromatic amines is 1. The number of nitrogens with one attached hydrogen (secondary N) is 1. The number of halogens is 1. The van der Waals surface area contributed by atoms with Crippen molar-refractivity contribution >= 4 is 32.7 Å². The van der Waals surface area contributed by atoms with E-state index in [0.717, 1.165) is 11.1 Å². The van der Waals surface area contributed by atoms with E-state index in [4.69, 9.17) is 9.84 Å². The summed E-state index contributed by atoms with van der Waals surface area (Å²) in [4.78, 5) is 26.8. The second kappa shape index (κ2) is 13.5. The average Bonchev–Trinajstić information content (AvgIpc) is 3.71. The predicted molar refractivity (Wildman–Crippen MR) is 183 cm³/mol. The van der Waals surface area contributed by atoms with Crippen molar-refractivity contribution in [2.45, 2.75) is 63.7 Å². The lowest BCUT2D eigenvalue weighted by Gasteiger charge is -2.28. The second-order valence-corrected chi connectivity index (χ2v) is 15.6. The van der Waals surface area contributed by atoms with E-state index < -0.39 is 44.7 Å². The molecule has 10 nitrogen and oxygen atoms in total. The summed E-state index contributed by atoms with van der Waals surface area (Å²) in [5.41, 5.74) is 2.92. The van der Waals surface area contributed by atoms with E-state index in [-0.39, 0.29) is 35.3 Å². The van der Waals surface area contributed by atoms with Gasteiger partial charge >= 0.3 is 11.9 Å². The number of H-pyrrole nitrogens is 1. The molecule has 5 aromatic rings. The van der Waals surface area contributed by atoms with Gasteiger partial charge in [0.1, 0.15) is 5.75 Å². The van der Waals surface area contributed by atoms with Crippen LogP contribution in [0.25, 0.3) is 22.2 Å². The summed E-state index contributed by atoms with van der Waals surface area (Å²) in [5.74, 6) is -3.51. The van der Waals surface area contributed by atoms with Crippen molar-refractivity contribution < 1.29 is 37.3 Å². The first-order valence-corrected chi connectivity index (χ1v) is 17.9. The van der Waals surface area contributed by atoms with Crippen LogP contribution in [0.2, 0.25) is 0 Å². The van der Waals surface area contributed by atoms with Crippen LogP contribution in [0.3, 0.4) is 0 Å². The van der Waals surface area contributed by atoms with Crippen LogP contribution in [-0.2, 0) is 32.3 Å². The van der Waals surface area contributed by atoms with Crippen LogP contribution >= 0.6 is 0 Å². The summed E-state index contributed by atoms with van der Waals surface area (Å²) in [5, 5.41) is 23.0. The molecular weight excluding hydrogens is 649 g/mol. The van der Waals surface area contributed by atoms with Crippen LogP contribution in [-0.4, -0.2) is 56.3 Å². The number of aliphatic carboxylic acids is 2. The molecule has 2 aromatic heterocycles. The third-order valence-electron chi connectivity index (χ3n) is 9.13.